The van der Waals surface area contributed by atoms with Crippen LogP contribution in [-0.2, 0) is 0 Å². The summed E-state index contributed by atoms with van der Waals surface area (Å²) in [5.74, 6) is -0.0551. The summed E-state index contributed by atoms with van der Waals surface area (Å²) >= 11 is 0. The third-order valence-corrected chi connectivity index (χ3v) is 3.28. The van der Waals surface area contributed by atoms with Gasteiger partial charge in [0.15, 0.2) is 0 Å². The SMILES string of the molecule is Cc1ccc(Nc2ncnc3c(F)cccc23)cc1[N+](=O)[O-]. The predicted octanol–water partition coefficient (Wildman–Crippen LogP) is 3.73. The number of anilines is 2. The van der Waals surface area contributed by atoms with Crippen LogP contribution in [0.4, 0.5) is 21.6 Å². The van der Waals surface area contributed by atoms with E-state index in [0.29, 0.717) is 22.5 Å². The first-order valence-corrected chi connectivity index (χ1v) is 6.47. The number of aryl methyl sites for hydroxylation is 1. The van der Waals surface area contributed by atoms with Gasteiger partial charge in [-0.1, -0.05) is 12.1 Å². The highest BCUT2D eigenvalue weighted by atomic mass is 19.1. The minimum atomic E-state index is -0.446. The number of nitrogens with zero attached hydrogens (tertiary/aromatic N) is 3. The Balaban J connectivity index is 2.06. The second kappa shape index (κ2) is 5.36. The molecule has 0 radical (unpaired) electrons. The molecule has 2 aromatic carbocycles. The molecule has 7 heteroatoms. The number of hydrogen-bond acceptors (Lipinski definition) is 5. The molecule has 6 nitrogen and oxygen atoms in total. The van der Waals surface area contributed by atoms with Crippen molar-refractivity contribution in [2.75, 3.05) is 5.32 Å². The number of hydrogen-bond donors (Lipinski definition) is 1. The molecular weight excluding hydrogens is 287 g/mol. The molecule has 0 saturated carbocycles. The highest BCUT2D eigenvalue weighted by Crippen LogP contribution is 2.27. The molecule has 110 valence electrons. The van der Waals surface area contributed by atoms with Crippen molar-refractivity contribution in [1.29, 1.82) is 0 Å². The Morgan fingerprint density at radius 1 is 1.23 bits per heavy atom. The van der Waals surface area contributed by atoms with Crippen LogP contribution >= 0.6 is 0 Å². The normalized spacial score (nSPS) is 10.6. The second-order valence-corrected chi connectivity index (χ2v) is 4.74. The summed E-state index contributed by atoms with van der Waals surface area (Å²) in [4.78, 5) is 18.5. The minimum absolute atomic E-state index is 0.00884. The zero-order valence-corrected chi connectivity index (χ0v) is 11.6. The number of nitro benzene ring substituents is 1. The minimum Gasteiger partial charge on any atom is -0.339 e. The van der Waals surface area contributed by atoms with Crippen LogP contribution in [0.3, 0.4) is 0 Å². The third-order valence-electron chi connectivity index (χ3n) is 3.28. The van der Waals surface area contributed by atoms with Gasteiger partial charge in [0.05, 0.1) is 4.92 Å². The summed E-state index contributed by atoms with van der Waals surface area (Å²) in [5.41, 5.74) is 1.27. The zero-order chi connectivity index (χ0) is 15.7. The van der Waals surface area contributed by atoms with E-state index in [1.54, 1.807) is 31.2 Å². The van der Waals surface area contributed by atoms with E-state index in [1.165, 1.54) is 18.5 Å². The second-order valence-electron chi connectivity index (χ2n) is 4.74. The van der Waals surface area contributed by atoms with Gasteiger partial charge in [0, 0.05) is 22.7 Å². The van der Waals surface area contributed by atoms with Crippen LogP contribution in [-0.4, -0.2) is 14.9 Å². The summed E-state index contributed by atoms with van der Waals surface area (Å²) in [6.07, 6.45) is 1.25. The van der Waals surface area contributed by atoms with Gasteiger partial charge in [-0.05, 0) is 25.1 Å². The van der Waals surface area contributed by atoms with Gasteiger partial charge >= 0.3 is 0 Å². The molecule has 0 spiro atoms. The molecule has 3 aromatic rings. The maximum atomic E-state index is 13.7. The standard InChI is InChI=1S/C15H11FN4O2/c1-9-5-6-10(7-13(9)20(21)22)19-15-11-3-2-4-12(16)14(11)17-8-18-15/h2-8H,1H3,(H,17,18,19). The lowest BCUT2D eigenvalue weighted by Gasteiger charge is -2.09. The van der Waals surface area contributed by atoms with Crippen molar-refractivity contribution in [1.82, 2.24) is 9.97 Å². The molecule has 0 aliphatic rings. The smallest absolute Gasteiger partial charge is 0.274 e. The summed E-state index contributed by atoms with van der Waals surface area (Å²) < 4.78 is 13.7. The van der Waals surface area contributed by atoms with E-state index in [0.717, 1.165) is 0 Å². The number of para-hydroxylation sites is 1. The molecule has 1 aromatic heterocycles. The van der Waals surface area contributed by atoms with Crippen molar-refractivity contribution in [2.45, 2.75) is 6.92 Å². The quantitative estimate of drug-likeness (QED) is 0.588. The van der Waals surface area contributed by atoms with Crippen molar-refractivity contribution in [3.63, 3.8) is 0 Å². The van der Waals surface area contributed by atoms with Crippen LogP contribution in [0.5, 0.6) is 0 Å². The number of fused-ring (bicyclic) bond motifs is 1. The summed E-state index contributed by atoms with van der Waals surface area (Å²) in [7, 11) is 0. The van der Waals surface area contributed by atoms with Crippen LogP contribution in [0.25, 0.3) is 10.9 Å². The van der Waals surface area contributed by atoms with Crippen LogP contribution in [0.1, 0.15) is 5.56 Å². The van der Waals surface area contributed by atoms with E-state index in [-0.39, 0.29) is 11.2 Å². The molecule has 3 rings (SSSR count). The first-order valence-electron chi connectivity index (χ1n) is 6.47. The van der Waals surface area contributed by atoms with Gasteiger partial charge in [-0.25, -0.2) is 14.4 Å². The molecular formula is C15H11FN4O2. The Bertz CT molecular complexity index is 883. The van der Waals surface area contributed by atoms with Gasteiger partial charge in [0.2, 0.25) is 0 Å². The van der Waals surface area contributed by atoms with Gasteiger partial charge in [0.25, 0.3) is 5.69 Å². The number of halogens is 1. The van der Waals surface area contributed by atoms with Crippen molar-refractivity contribution in [2.24, 2.45) is 0 Å². The monoisotopic (exact) mass is 298 g/mol. The van der Waals surface area contributed by atoms with Gasteiger partial charge in [-0.15, -0.1) is 0 Å². The summed E-state index contributed by atoms with van der Waals surface area (Å²) in [6.45, 7) is 1.66. The van der Waals surface area contributed by atoms with Crippen LogP contribution in [0.15, 0.2) is 42.7 Å². The zero-order valence-electron chi connectivity index (χ0n) is 11.6. The maximum Gasteiger partial charge on any atom is 0.274 e. The molecule has 0 amide bonds. The van der Waals surface area contributed by atoms with E-state index in [4.69, 9.17) is 0 Å². The lowest BCUT2D eigenvalue weighted by atomic mass is 10.1. The van der Waals surface area contributed by atoms with Gasteiger partial charge in [-0.2, -0.15) is 0 Å². The van der Waals surface area contributed by atoms with Crippen molar-refractivity contribution < 1.29 is 9.31 Å². The largest absolute Gasteiger partial charge is 0.339 e. The van der Waals surface area contributed by atoms with E-state index in [1.807, 2.05) is 0 Å². The number of aromatic nitrogens is 2. The molecule has 22 heavy (non-hydrogen) atoms. The van der Waals surface area contributed by atoms with E-state index in [2.05, 4.69) is 15.3 Å². The third kappa shape index (κ3) is 2.44. The molecule has 0 fully saturated rings. The van der Waals surface area contributed by atoms with Crippen molar-refractivity contribution in [3.8, 4) is 0 Å². The fourth-order valence-electron chi connectivity index (χ4n) is 2.17. The number of rotatable bonds is 3. The molecule has 0 aliphatic carbocycles. The Labute approximate surface area is 124 Å². The lowest BCUT2D eigenvalue weighted by molar-refractivity contribution is -0.385. The number of benzene rings is 2. The number of nitrogens with one attached hydrogen (secondary N) is 1. The molecule has 0 atom stereocenters. The maximum absolute atomic E-state index is 13.7. The number of nitro groups is 1. The summed E-state index contributed by atoms with van der Waals surface area (Å²) in [5, 5.41) is 14.5. The Morgan fingerprint density at radius 3 is 2.82 bits per heavy atom. The Morgan fingerprint density at radius 2 is 2.05 bits per heavy atom. The average Bonchev–Trinajstić information content (AvgIpc) is 2.50. The molecule has 0 unspecified atom stereocenters. The Hall–Kier alpha value is -3.09. The average molecular weight is 298 g/mol. The predicted molar refractivity (Wildman–Crippen MR) is 80.6 cm³/mol. The highest BCUT2D eigenvalue weighted by molar-refractivity contribution is 5.90. The van der Waals surface area contributed by atoms with Crippen LogP contribution < -0.4 is 5.32 Å². The first kappa shape index (κ1) is 13.9. The molecule has 0 bridgehead atoms. The molecule has 1 heterocycles. The highest BCUT2D eigenvalue weighted by Gasteiger charge is 2.12. The van der Waals surface area contributed by atoms with E-state index in [9.17, 15) is 14.5 Å². The molecule has 0 aliphatic heterocycles. The van der Waals surface area contributed by atoms with Crippen LogP contribution in [0, 0.1) is 22.9 Å². The fraction of sp³-hybridized carbons (Fsp3) is 0.0667. The molecule has 0 saturated heterocycles. The van der Waals surface area contributed by atoms with Crippen LogP contribution in [0.2, 0.25) is 0 Å². The topological polar surface area (TPSA) is 81.0 Å². The molecule has 1 N–H and O–H groups in total. The lowest BCUT2D eigenvalue weighted by Crippen LogP contribution is -1.99. The Kier molecular flexibility index (Phi) is 3.38. The van der Waals surface area contributed by atoms with Crippen molar-refractivity contribution >= 4 is 28.1 Å². The van der Waals surface area contributed by atoms with E-state index < -0.39 is 10.7 Å². The van der Waals surface area contributed by atoms with E-state index >= 15 is 0 Å². The summed E-state index contributed by atoms with van der Waals surface area (Å²) in [6, 6.07) is 9.32. The van der Waals surface area contributed by atoms with Gasteiger partial charge in [-0.3, -0.25) is 10.1 Å². The van der Waals surface area contributed by atoms with Gasteiger partial charge in [0.1, 0.15) is 23.5 Å². The first-order chi connectivity index (χ1) is 10.6. The van der Waals surface area contributed by atoms with Crippen molar-refractivity contribution in [3.05, 3.63) is 64.2 Å². The van der Waals surface area contributed by atoms with Gasteiger partial charge < -0.3 is 5.32 Å². The fourth-order valence-corrected chi connectivity index (χ4v) is 2.17.